The third kappa shape index (κ3) is 4.60. The molecule has 0 radical (unpaired) electrons. The van der Waals surface area contributed by atoms with Crippen LogP contribution in [0.1, 0.15) is 17.0 Å². The molecule has 3 rings (SSSR count). The maximum atomic E-state index is 12.3. The second-order valence-corrected chi connectivity index (χ2v) is 6.66. The molecule has 25 heavy (non-hydrogen) atoms. The van der Waals surface area contributed by atoms with Crippen molar-refractivity contribution in [3.63, 3.8) is 0 Å². The van der Waals surface area contributed by atoms with Crippen LogP contribution in [0.15, 0.2) is 24.3 Å². The van der Waals surface area contributed by atoms with Crippen molar-refractivity contribution < 1.29 is 9.53 Å². The van der Waals surface area contributed by atoms with E-state index >= 15 is 0 Å². The molecule has 1 aromatic carbocycles. The van der Waals surface area contributed by atoms with E-state index in [0.717, 1.165) is 49.9 Å². The number of benzene rings is 1. The number of carbonyl (C=O) groups is 1. The fraction of sp³-hybridized carbons (Fsp3) is 0.444. The number of ether oxygens (including phenoxy) is 1. The molecule has 0 bridgehead atoms. The van der Waals surface area contributed by atoms with Crippen LogP contribution in [0, 0.1) is 13.8 Å². The molecule has 2 heterocycles. The van der Waals surface area contributed by atoms with Gasteiger partial charge in [0.05, 0.1) is 29.6 Å². The number of aromatic nitrogens is 2. The number of morpholine rings is 1. The van der Waals surface area contributed by atoms with Crippen LogP contribution >= 0.6 is 11.6 Å². The van der Waals surface area contributed by atoms with Gasteiger partial charge in [-0.1, -0.05) is 23.7 Å². The number of aryl methyl sites for hydroxylation is 1. The highest BCUT2D eigenvalue weighted by atomic mass is 35.5. The highest BCUT2D eigenvalue weighted by Crippen LogP contribution is 2.19. The normalized spacial score (nSPS) is 15.3. The van der Waals surface area contributed by atoms with E-state index in [-0.39, 0.29) is 12.5 Å². The summed E-state index contributed by atoms with van der Waals surface area (Å²) in [7, 11) is 0. The first-order valence-corrected chi connectivity index (χ1v) is 8.79. The number of nitrogens with zero attached hydrogens (tertiary/aromatic N) is 3. The fourth-order valence-electron chi connectivity index (χ4n) is 2.93. The molecule has 1 aliphatic rings. The predicted octanol–water partition coefficient (Wildman–Crippen LogP) is 2.62. The summed E-state index contributed by atoms with van der Waals surface area (Å²) in [4.78, 5) is 14.7. The minimum absolute atomic E-state index is 0.120. The van der Waals surface area contributed by atoms with Crippen molar-refractivity contribution >= 4 is 23.2 Å². The largest absolute Gasteiger partial charge is 0.379 e. The number of nitrogens with one attached hydrogen (secondary N) is 1. The van der Waals surface area contributed by atoms with E-state index in [9.17, 15) is 4.79 Å². The molecule has 1 saturated heterocycles. The molecule has 1 aliphatic heterocycles. The number of hydrogen-bond acceptors (Lipinski definition) is 4. The molecule has 2 aromatic rings. The van der Waals surface area contributed by atoms with Gasteiger partial charge in [0.25, 0.3) is 0 Å². The zero-order chi connectivity index (χ0) is 17.8. The number of rotatable bonds is 5. The Morgan fingerprint density at radius 3 is 2.76 bits per heavy atom. The Morgan fingerprint density at radius 1 is 1.32 bits per heavy atom. The molecule has 0 aliphatic carbocycles. The van der Waals surface area contributed by atoms with Gasteiger partial charge in [-0.05, 0) is 31.5 Å². The summed E-state index contributed by atoms with van der Waals surface area (Å²) in [5, 5.41) is 7.84. The summed E-state index contributed by atoms with van der Waals surface area (Å²) in [6, 6.07) is 7.95. The highest BCUT2D eigenvalue weighted by Gasteiger charge is 2.13. The van der Waals surface area contributed by atoms with Crippen LogP contribution < -0.4 is 5.32 Å². The molecule has 0 atom stereocenters. The van der Waals surface area contributed by atoms with Crippen LogP contribution in [0.5, 0.6) is 0 Å². The average molecular weight is 363 g/mol. The molecule has 0 spiro atoms. The maximum absolute atomic E-state index is 12.3. The van der Waals surface area contributed by atoms with Gasteiger partial charge < -0.3 is 10.1 Å². The summed E-state index contributed by atoms with van der Waals surface area (Å²) in [6.07, 6.45) is 0. The SMILES string of the molecule is Cc1nn(CC(=O)Nc2cccc(CN3CCOCC3)c2)c(C)c1Cl. The number of amides is 1. The molecule has 1 fully saturated rings. The number of carbonyl (C=O) groups excluding carboxylic acids is 1. The second-order valence-electron chi connectivity index (χ2n) is 6.28. The number of anilines is 1. The van der Waals surface area contributed by atoms with Crippen molar-refractivity contribution in [1.82, 2.24) is 14.7 Å². The summed E-state index contributed by atoms with van der Waals surface area (Å²) >= 11 is 6.13. The van der Waals surface area contributed by atoms with Crippen molar-refractivity contribution in [2.24, 2.45) is 0 Å². The van der Waals surface area contributed by atoms with E-state index in [4.69, 9.17) is 16.3 Å². The van der Waals surface area contributed by atoms with Crippen molar-refractivity contribution in [2.75, 3.05) is 31.6 Å². The second kappa shape index (κ2) is 7.99. The first-order valence-electron chi connectivity index (χ1n) is 8.41. The van der Waals surface area contributed by atoms with Gasteiger partial charge >= 0.3 is 0 Å². The van der Waals surface area contributed by atoms with E-state index in [1.807, 2.05) is 32.0 Å². The Morgan fingerprint density at radius 2 is 2.08 bits per heavy atom. The Bertz CT molecular complexity index is 754. The maximum Gasteiger partial charge on any atom is 0.246 e. The Kier molecular flexibility index (Phi) is 5.73. The van der Waals surface area contributed by atoms with Crippen LogP contribution in [0.4, 0.5) is 5.69 Å². The van der Waals surface area contributed by atoms with Gasteiger partial charge in [-0.2, -0.15) is 5.10 Å². The molecule has 1 amide bonds. The molecule has 7 heteroatoms. The monoisotopic (exact) mass is 362 g/mol. The Balaban J connectivity index is 1.61. The molecule has 1 N–H and O–H groups in total. The summed E-state index contributed by atoms with van der Waals surface area (Å²) in [5.41, 5.74) is 3.51. The number of halogens is 1. The highest BCUT2D eigenvalue weighted by molar-refractivity contribution is 6.31. The van der Waals surface area contributed by atoms with Gasteiger partial charge in [0.1, 0.15) is 6.54 Å². The zero-order valence-corrected chi connectivity index (χ0v) is 15.3. The van der Waals surface area contributed by atoms with Gasteiger partial charge in [-0.3, -0.25) is 14.4 Å². The quantitative estimate of drug-likeness (QED) is 0.888. The lowest BCUT2D eigenvalue weighted by atomic mass is 10.2. The van der Waals surface area contributed by atoms with Crippen LogP contribution in [0.25, 0.3) is 0 Å². The predicted molar refractivity (Wildman–Crippen MR) is 97.9 cm³/mol. The van der Waals surface area contributed by atoms with Gasteiger partial charge in [0.2, 0.25) is 5.91 Å². The lowest BCUT2D eigenvalue weighted by molar-refractivity contribution is -0.116. The lowest BCUT2D eigenvalue weighted by Crippen LogP contribution is -2.35. The van der Waals surface area contributed by atoms with Crippen molar-refractivity contribution in [1.29, 1.82) is 0 Å². The van der Waals surface area contributed by atoms with Crippen LogP contribution in [0.3, 0.4) is 0 Å². The van der Waals surface area contributed by atoms with E-state index in [1.54, 1.807) is 4.68 Å². The third-order valence-electron chi connectivity index (χ3n) is 4.31. The van der Waals surface area contributed by atoms with Crippen molar-refractivity contribution in [3.05, 3.63) is 46.2 Å². The Hall–Kier alpha value is -1.89. The van der Waals surface area contributed by atoms with Gasteiger partial charge in [0, 0.05) is 25.3 Å². The van der Waals surface area contributed by atoms with E-state index in [0.29, 0.717) is 5.02 Å². The smallest absolute Gasteiger partial charge is 0.246 e. The van der Waals surface area contributed by atoms with E-state index in [1.165, 1.54) is 5.56 Å². The zero-order valence-electron chi connectivity index (χ0n) is 14.6. The van der Waals surface area contributed by atoms with E-state index in [2.05, 4.69) is 21.4 Å². The van der Waals surface area contributed by atoms with Crippen molar-refractivity contribution in [2.45, 2.75) is 26.9 Å². The first-order chi connectivity index (χ1) is 12.0. The molecule has 0 unspecified atom stereocenters. The topological polar surface area (TPSA) is 59.4 Å². The number of hydrogen-bond donors (Lipinski definition) is 1. The van der Waals surface area contributed by atoms with Crippen LogP contribution in [-0.4, -0.2) is 46.9 Å². The average Bonchev–Trinajstić information content (AvgIpc) is 2.83. The molecular formula is C18H23ClN4O2. The summed E-state index contributed by atoms with van der Waals surface area (Å²) in [5.74, 6) is -0.120. The molecule has 1 aromatic heterocycles. The third-order valence-corrected chi connectivity index (χ3v) is 4.85. The van der Waals surface area contributed by atoms with Gasteiger partial charge in [-0.15, -0.1) is 0 Å². The minimum atomic E-state index is -0.120. The molecule has 134 valence electrons. The first kappa shape index (κ1) is 17.9. The Labute approximate surface area is 152 Å². The molecule has 6 nitrogen and oxygen atoms in total. The lowest BCUT2D eigenvalue weighted by Gasteiger charge is -2.26. The summed E-state index contributed by atoms with van der Waals surface area (Å²) in [6.45, 7) is 8.14. The minimum Gasteiger partial charge on any atom is -0.379 e. The standard InChI is InChI=1S/C18H23ClN4O2/c1-13-18(19)14(2)23(21-13)12-17(24)20-16-5-3-4-15(10-16)11-22-6-8-25-9-7-22/h3-5,10H,6-9,11-12H2,1-2H3,(H,20,24). The van der Waals surface area contributed by atoms with Crippen LogP contribution in [-0.2, 0) is 22.6 Å². The van der Waals surface area contributed by atoms with Gasteiger partial charge in [0.15, 0.2) is 0 Å². The molecule has 0 saturated carbocycles. The fourth-order valence-corrected chi connectivity index (χ4v) is 3.07. The van der Waals surface area contributed by atoms with E-state index < -0.39 is 0 Å². The molecular weight excluding hydrogens is 340 g/mol. The van der Waals surface area contributed by atoms with Crippen molar-refractivity contribution in [3.8, 4) is 0 Å². The summed E-state index contributed by atoms with van der Waals surface area (Å²) < 4.78 is 7.00. The van der Waals surface area contributed by atoms with Gasteiger partial charge in [-0.25, -0.2) is 0 Å². The van der Waals surface area contributed by atoms with Crippen LogP contribution in [0.2, 0.25) is 5.02 Å².